The number of carbonyl (C=O) groups is 1. The van der Waals surface area contributed by atoms with Gasteiger partial charge in [-0.25, -0.2) is 0 Å². The highest BCUT2D eigenvalue weighted by Gasteiger charge is 2.21. The van der Waals surface area contributed by atoms with Gasteiger partial charge in [-0.3, -0.25) is 4.79 Å². The van der Waals surface area contributed by atoms with Crippen LogP contribution in [0.25, 0.3) is 0 Å². The number of rotatable bonds is 7. The van der Waals surface area contributed by atoms with Crippen LogP contribution in [-0.2, 0) is 37.6 Å². The first-order valence-electron chi connectivity index (χ1n) is 11.1. The Hall–Kier alpha value is -2.57. The number of nitrogens with one attached hydrogen (secondary N) is 1. The van der Waals surface area contributed by atoms with Crippen molar-refractivity contribution in [2.75, 3.05) is 11.1 Å². The standard InChI is InChI=1S/C23H28N6OS2/c1-3-29-20(13-16-9-8-12-28(16)2)26-27-23(29)31-15-21(30)25-22-18(14-24)17-10-6-4-5-7-11-19(17)32-22/h8-9,12H,3-7,10-11,13,15H2,1-2H3,(H,25,30). The third kappa shape index (κ3) is 4.92. The number of nitrogens with zero attached hydrogens (tertiary/aromatic N) is 5. The lowest BCUT2D eigenvalue weighted by atomic mass is 9.97. The molecule has 4 rings (SSSR count). The van der Waals surface area contributed by atoms with Crippen molar-refractivity contribution in [2.24, 2.45) is 7.05 Å². The van der Waals surface area contributed by atoms with Crippen molar-refractivity contribution in [1.29, 1.82) is 5.26 Å². The Labute approximate surface area is 196 Å². The number of aryl methyl sites for hydroxylation is 2. The van der Waals surface area contributed by atoms with E-state index in [1.807, 2.05) is 19.3 Å². The third-order valence-corrected chi connectivity index (χ3v) is 8.04. The molecule has 7 nitrogen and oxygen atoms in total. The number of hydrogen-bond acceptors (Lipinski definition) is 6. The fourth-order valence-corrected chi connectivity index (χ4v) is 6.21. The number of fused-ring (bicyclic) bond motifs is 1. The van der Waals surface area contributed by atoms with E-state index in [2.05, 4.69) is 43.7 Å². The average Bonchev–Trinajstić information content (AvgIpc) is 3.44. The Balaban J connectivity index is 1.42. The Kier molecular flexibility index (Phi) is 7.33. The van der Waals surface area contributed by atoms with Crippen molar-refractivity contribution in [3.63, 3.8) is 0 Å². The van der Waals surface area contributed by atoms with Gasteiger partial charge in [0.1, 0.15) is 16.9 Å². The fourth-order valence-electron chi connectivity index (χ4n) is 4.13. The summed E-state index contributed by atoms with van der Waals surface area (Å²) in [5.74, 6) is 1.01. The summed E-state index contributed by atoms with van der Waals surface area (Å²) < 4.78 is 4.13. The normalized spacial score (nSPS) is 13.8. The van der Waals surface area contributed by atoms with E-state index in [1.54, 1.807) is 11.3 Å². The average molecular weight is 469 g/mol. The lowest BCUT2D eigenvalue weighted by Gasteiger charge is -2.09. The number of hydrogen-bond donors (Lipinski definition) is 1. The lowest BCUT2D eigenvalue weighted by Crippen LogP contribution is -2.15. The van der Waals surface area contributed by atoms with Crippen LogP contribution in [0.3, 0.4) is 0 Å². The molecule has 32 heavy (non-hydrogen) atoms. The molecule has 1 amide bonds. The summed E-state index contributed by atoms with van der Waals surface area (Å²) in [5.41, 5.74) is 2.97. The summed E-state index contributed by atoms with van der Waals surface area (Å²) >= 11 is 2.96. The van der Waals surface area contributed by atoms with E-state index in [0.29, 0.717) is 17.0 Å². The Bertz CT molecular complexity index is 1140. The number of aromatic nitrogens is 4. The molecular formula is C23H28N6OS2. The molecule has 0 unspecified atom stereocenters. The molecule has 0 fully saturated rings. The smallest absolute Gasteiger partial charge is 0.235 e. The van der Waals surface area contributed by atoms with Crippen LogP contribution in [0.15, 0.2) is 23.5 Å². The van der Waals surface area contributed by atoms with Gasteiger partial charge in [-0.2, -0.15) is 5.26 Å². The van der Waals surface area contributed by atoms with Crippen molar-refractivity contribution in [2.45, 2.75) is 63.6 Å². The summed E-state index contributed by atoms with van der Waals surface area (Å²) in [5, 5.41) is 22.8. The highest BCUT2D eigenvalue weighted by Crippen LogP contribution is 2.36. The maximum atomic E-state index is 12.7. The summed E-state index contributed by atoms with van der Waals surface area (Å²) in [7, 11) is 2.02. The van der Waals surface area contributed by atoms with Gasteiger partial charge in [-0.1, -0.05) is 24.6 Å². The second-order valence-electron chi connectivity index (χ2n) is 8.00. The van der Waals surface area contributed by atoms with Crippen molar-refractivity contribution >= 4 is 34.0 Å². The quantitative estimate of drug-likeness (QED) is 0.514. The predicted octanol–water partition coefficient (Wildman–Crippen LogP) is 4.55. The van der Waals surface area contributed by atoms with Gasteiger partial charge in [-0.05, 0) is 50.3 Å². The van der Waals surface area contributed by atoms with Gasteiger partial charge in [0.2, 0.25) is 5.91 Å². The molecule has 0 atom stereocenters. The van der Waals surface area contributed by atoms with Gasteiger partial charge >= 0.3 is 0 Å². The lowest BCUT2D eigenvalue weighted by molar-refractivity contribution is -0.113. The van der Waals surface area contributed by atoms with Gasteiger partial charge in [0.05, 0.1) is 11.3 Å². The second-order valence-corrected chi connectivity index (χ2v) is 10.0. The van der Waals surface area contributed by atoms with Crippen LogP contribution in [0.1, 0.15) is 60.1 Å². The molecule has 0 saturated heterocycles. The van der Waals surface area contributed by atoms with Crippen LogP contribution in [0.5, 0.6) is 0 Å². The van der Waals surface area contributed by atoms with E-state index in [-0.39, 0.29) is 11.7 Å². The molecule has 1 aliphatic carbocycles. The number of thiophene rings is 1. The maximum Gasteiger partial charge on any atom is 0.235 e. The third-order valence-electron chi connectivity index (χ3n) is 5.87. The minimum Gasteiger partial charge on any atom is -0.354 e. The van der Waals surface area contributed by atoms with Crippen LogP contribution in [0.2, 0.25) is 0 Å². The van der Waals surface area contributed by atoms with Gasteiger partial charge in [0.15, 0.2) is 5.16 Å². The monoisotopic (exact) mass is 468 g/mol. The maximum absolute atomic E-state index is 12.7. The molecule has 3 aromatic heterocycles. The zero-order valence-corrected chi connectivity index (χ0v) is 20.2. The molecule has 1 N–H and O–H groups in total. The molecule has 0 spiro atoms. The SMILES string of the molecule is CCn1c(Cc2cccn2C)nnc1SCC(=O)Nc1sc2c(c1C#N)CCCCCC2. The molecular weight excluding hydrogens is 440 g/mol. The van der Waals surface area contributed by atoms with Gasteiger partial charge in [0, 0.05) is 36.8 Å². The Morgan fingerprint density at radius 2 is 2.09 bits per heavy atom. The highest BCUT2D eigenvalue weighted by molar-refractivity contribution is 7.99. The molecule has 3 aromatic rings. The highest BCUT2D eigenvalue weighted by atomic mass is 32.2. The van der Waals surface area contributed by atoms with Crippen LogP contribution < -0.4 is 5.32 Å². The zero-order chi connectivity index (χ0) is 22.5. The molecule has 0 saturated carbocycles. The van der Waals surface area contributed by atoms with Gasteiger partial charge < -0.3 is 14.5 Å². The topological polar surface area (TPSA) is 88.5 Å². The fraction of sp³-hybridized carbons (Fsp3) is 0.478. The summed E-state index contributed by atoms with van der Waals surface area (Å²) in [6.07, 6.45) is 9.36. The van der Waals surface area contributed by atoms with E-state index >= 15 is 0 Å². The van der Waals surface area contributed by atoms with Crippen molar-refractivity contribution in [1.82, 2.24) is 19.3 Å². The van der Waals surface area contributed by atoms with E-state index in [1.165, 1.54) is 35.2 Å². The number of nitriles is 1. The molecule has 0 radical (unpaired) electrons. The Morgan fingerprint density at radius 1 is 1.28 bits per heavy atom. The molecule has 168 valence electrons. The van der Waals surface area contributed by atoms with Crippen molar-refractivity contribution in [3.8, 4) is 6.07 Å². The van der Waals surface area contributed by atoms with Crippen LogP contribution in [-0.4, -0.2) is 31.0 Å². The van der Waals surface area contributed by atoms with Crippen molar-refractivity contribution in [3.05, 3.63) is 45.9 Å². The van der Waals surface area contributed by atoms with Gasteiger partial charge in [-0.15, -0.1) is 21.5 Å². The van der Waals surface area contributed by atoms with E-state index in [4.69, 9.17) is 0 Å². The first kappa shape index (κ1) is 22.6. The minimum absolute atomic E-state index is 0.115. The first-order valence-corrected chi connectivity index (χ1v) is 12.9. The van der Waals surface area contributed by atoms with E-state index < -0.39 is 0 Å². The Morgan fingerprint density at radius 3 is 2.81 bits per heavy atom. The summed E-state index contributed by atoms with van der Waals surface area (Å²) in [6, 6.07) is 6.43. The number of thioether (sulfide) groups is 1. The number of carbonyl (C=O) groups excluding carboxylic acids is 1. The predicted molar refractivity (Wildman–Crippen MR) is 128 cm³/mol. The van der Waals surface area contributed by atoms with E-state index in [0.717, 1.165) is 48.8 Å². The summed E-state index contributed by atoms with van der Waals surface area (Å²) in [4.78, 5) is 14.0. The first-order chi connectivity index (χ1) is 15.6. The van der Waals surface area contributed by atoms with Crippen LogP contribution in [0, 0.1) is 11.3 Å². The largest absolute Gasteiger partial charge is 0.354 e. The summed E-state index contributed by atoms with van der Waals surface area (Å²) in [6.45, 7) is 2.80. The van der Waals surface area contributed by atoms with Crippen molar-refractivity contribution < 1.29 is 4.79 Å². The zero-order valence-electron chi connectivity index (χ0n) is 18.6. The second kappa shape index (κ2) is 10.4. The number of anilines is 1. The molecule has 9 heteroatoms. The minimum atomic E-state index is -0.115. The molecule has 0 aliphatic heterocycles. The molecule has 1 aliphatic rings. The molecule has 0 aromatic carbocycles. The van der Waals surface area contributed by atoms with Crippen LogP contribution >= 0.6 is 23.1 Å². The number of amides is 1. The van der Waals surface area contributed by atoms with Gasteiger partial charge in [0.25, 0.3) is 0 Å². The molecule has 0 bridgehead atoms. The molecule has 3 heterocycles. The van der Waals surface area contributed by atoms with E-state index in [9.17, 15) is 10.1 Å². The van der Waals surface area contributed by atoms with Crippen LogP contribution in [0.4, 0.5) is 5.00 Å².